The molecule has 0 fully saturated rings. The van der Waals surface area contributed by atoms with E-state index in [9.17, 15) is 0 Å². The van der Waals surface area contributed by atoms with Gasteiger partial charge in [0.25, 0.3) is 0 Å². The van der Waals surface area contributed by atoms with Crippen LogP contribution >= 0.6 is 0 Å². The van der Waals surface area contributed by atoms with Gasteiger partial charge in [-0.15, -0.1) is 5.10 Å². The minimum absolute atomic E-state index is 0.0989. The third-order valence-corrected chi connectivity index (χ3v) is 2.57. The summed E-state index contributed by atoms with van der Waals surface area (Å²) in [6.45, 7) is 7.90. The number of hydrogen-bond donors (Lipinski definition) is 1. The van der Waals surface area contributed by atoms with Crippen LogP contribution in [0, 0.1) is 0 Å². The Morgan fingerprint density at radius 1 is 1.33 bits per heavy atom. The Labute approximate surface area is 107 Å². The molecule has 0 aromatic carbocycles. The van der Waals surface area contributed by atoms with Gasteiger partial charge in [-0.25, -0.2) is 0 Å². The molecule has 1 N–H and O–H groups in total. The molecule has 98 valence electrons. The monoisotopic (exact) mass is 248 g/mol. The van der Waals surface area contributed by atoms with Gasteiger partial charge in [0.05, 0.1) is 12.2 Å². The number of hydrogen-bond acceptors (Lipinski definition) is 4. The molecule has 2 rings (SSSR count). The van der Waals surface area contributed by atoms with Crippen LogP contribution in [0.3, 0.4) is 0 Å². The van der Waals surface area contributed by atoms with Crippen molar-refractivity contribution in [2.24, 2.45) is 7.05 Å². The number of rotatable bonds is 4. The SMILES string of the molecule is Cn1cc(Cn2nccc2CNC(C)(C)C)nn1. The molecular weight excluding hydrogens is 228 g/mol. The number of aryl methyl sites for hydroxylation is 1. The van der Waals surface area contributed by atoms with E-state index < -0.39 is 0 Å². The Morgan fingerprint density at radius 2 is 2.11 bits per heavy atom. The van der Waals surface area contributed by atoms with Crippen molar-refractivity contribution in [3.05, 3.63) is 29.8 Å². The third kappa shape index (κ3) is 3.40. The molecule has 0 aliphatic carbocycles. The van der Waals surface area contributed by atoms with Crippen LogP contribution in [0.1, 0.15) is 32.2 Å². The fourth-order valence-corrected chi connectivity index (χ4v) is 1.63. The predicted molar refractivity (Wildman–Crippen MR) is 68.9 cm³/mol. The van der Waals surface area contributed by atoms with Crippen molar-refractivity contribution in [2.75, 3.05) is 0 Å². The normalized spacial score (nSPS) is 12.0. The van der Waals surface area contributed by atoms with Gasteiger partial charge in [0, 0.05) is 31.5 Å². The van der Waals surface area contributed by atoms with E-state index in [4.69, 9.17) is 0 Å². The first-order chi connectivity index (χ1) is 8.44. The lowest BCUT2D eigenvalue weighted by atomic mass is 10.1. The summed E-state index contributed by atoms with van der Waals surface area (Å²) in [5, 5.41) is 15.8. The van der Waals surface area contributed by atoms with Crippen LogP contribution in [-0.4, -0.2) is 30.3 Å². The van der Waals surface area contributed by atoms with Gasteiger partial charge in [0.15, 0.2) is 0 Å². The molecule has 0 radical (unpaired) electrons. The van der Waals surface area contributed by atoms with Crippen molar-refractivity contribution in [1.29, 1.82) is 0 Å². The Kier molecular flexibility index (Phi) is 3.47. The third-order valence-electron chi connectivity index (χ3n) is 2.57. The minimum Gasteiger partial charge on any atom is -0.306 e. The highest BCUT2D eigenvalue weighted by atomic mass is 15.4. The maximum atomic E-state index is 4.32. The van der Waals surface area contributed by atoms with Gasteiger partial charge in [0.2, 0.25) is 0 Å². The standard InChI is InChI=1S/C12H20N6/c1-12(2,3)13-7-11-5-6-14-18(11)9-10-8-17(4)16-15-10/h5-6,8,13H,7,9H2,1-4H3. The molecule has 2 aromatic heterocycles. The van der Waals surface area contributed by atoms with Gasteiger partial charge in [0.1, 0.15) is 5.69 Å². The summed E-state index contributed by atoms with van der Waals surface area (Å²) in [6.07, 6.45) is 3.72. The zero-order chi connectivity index (χ0) is 13.2. The summed E-state index contributed by atoms with van der Waals surface area (Å²) in [4.78, 5) is 0. The Morgan fingerprint density at radius 3 is 2.72 bits per heavy atom. The molecule has 0 aliphatic rings. The zero-order valence-corrected chi connectivity index (χ0v) is 11.4. The summed E-state index contributed by atoms with van der Waals surface area (Å²) < 4.78 is 3.65. The second-order valence-electron chi connectivity index (χ2n) is 5.47. The maximum absolute atomic E-state index is 4.32. The van der Waals surface area contributed by atoms with Gasteiger partial charge >= 0.3 is 0 Å². The highest BCUT2D eigenvalue weighted by Crippen LogP contribution is 2.06. The summed E-state index contributed by atoms with van der Waals surface area (Å²) in [6, 6.07) is 2.02. The second kappa shape index (κ2) is 4.89. The van der Waals surface area contributed by atoms with Crippen LogP contribution in [0.25, 0.3) is 0 Å². The van der Waals surface area contributed by atoms with Crippen molar-refractivity contribution >= 4 is 0 Å². The van der Waals surface area contributed by atoms with Crippen LogP contribution in [0.5, 0.6) is 0 Å². The molecule has 0 bridgehead atoms. The van der Waals surface area contributed by atoms with Gasteiger partial charge in [-0.1, -0.05) is 5.21 Å². The van der Waals surface area contributed by atoms with Crippen LogP contribution in [0.4, 0.5) is 0 Å². The van der Waals surface area contributed by atoms with Crippen LogP contribution in [0.15, 0.2) is 18.5 Å². The molecule has 0 amide bonds. The molecule has 0 saturated heterocycles. The predicted octanol–water partition coefficient (Wildman–Crippen LogP) is 0.948. The number of nitrogens with one attached hydrogen (secondary N) is 1. The topological polar surface area (TPSA) is 60.6 Å². The molecule has 2 aromatic rings. The number of aromatic nitrogens is 5. The van der Waals surface area contributed by atoms with Crippen LogP contribution < -0.4 is 5.32 Å². The first-order valence-corrected chi connectivity index (χ1v) is 6.05. The summed E-state index contributed by atoms with van der Waals surface area (Å²) in [5.74, 6) is 0. The largest absolute Gasteiger partial charge is 0.306 e. The van der Waals surface area contributed by atoms with Crippen molar-refractivity contribution in [2.45, 2.75) is 39.4 Å². The molecule has 6 heteroatoms. The molecule has 0 spiro atoms. The van der Waals surface area contributed by atoms with E-state index in [2.05, 4.69) is 41.5 Å². The maximum Gasteiger partial charge on any atom is 0.104 e. The summed E-state index contributed by atoms with van der Waals surface area (Å²) in [5.41, 5.74) is 2.16. The van der Waals surface area contributed by atoms with Gasteiger partial charge in [-0.2, -0.15) is 5.10 Å². The smallest absolute Gasteiger partial charge is 0.104 e. The lowest BCUT2D eigenvalue weighted by Gasteiger charge is -2.20. The van der Waals surface area contributed by atoms with E-state index in [1.807, 2.05) is 30.2 Å². The fraction of sp³-hybridized carbons (Fsp3) is 0.583. The van der Waals surface area contributed by atoms with Gasteiger partial charge < -0.3 is 5.32 Å². The molecule has 0 unspecified atom stereocenters. The summed E-state index contributed by atoms with van der Waals surface area (Å²) in [7, 11) is 1.86. The Balaban J connectivity index is 2.03. The molecule has 2 heterocycles. The molecule has 0 aliphatic heterocycles. The van der Waals surface area contributed by atoms with Crippen molar-refractivity contribution in [3.63, 3.8) is 0 Å². The lowest BCUT2D eigenvalue weighted by Crippen LogP contribution is -2.35. The average Bonchev–Trinajstić information content (AvgIpc) is 2.85. The minimum atomic E-state index is 0.0989. The van der Waals surface area contributed by atoms with E-state index >= 15 is 0 Å². The van der Waals surface area contributed by atoms with E-state index in [1.54, 1.807) is 4.68 Å². The summed E-state index contributed by atoms with van der Waals surface area (Å²) >= 11 is 0. The molecular formula is C12H20N6. The molecule has 0 atom stereocenters. The molecule has 18 heavy (non-hydrogen) atoms. The average molecular weight is 248 g/mol. The van der Waals surface area contributed by atoms with E-state index in [-0.39, 0.29) is 5.54 Å². The van der Waals surface area contributed by atoms with Crippen molar-refractivity contribution < 1.29 is 0 Å². The van der Waals surface area contributed by atoms with E-state index in [0.717, 1.165) is 17.9 Å². The second-order valence-corrected chi connectivity index (χ2v) is 5.47. The van der Waals surface area contributed by atoms with Crippen molar-refractivity contribution in [3.8, 4) is 0 Å². The van der Waals surface area contributed by atoms with E-state index in [0.29, 0.717) is 6.54 Å². The molecule has 0 saturated carbocycles. The fourth-order valence-electron chi connectivity index (χ4n) is 1.63. The van der Waals surface area contributed by atoms with Gasteiger partial charge in [-0.3, -0.25) is 9.36 Å². The Hall–Kier alpha value is -1.69. The highest BCUT2D eigenvalue weighted by molar-refractivity contribution is 5.04. The highest BCUT2D eigenvalue weighted by Gasteiger charge is 2.11. The van der Waals surface area contributed by atoms with E-state index in [1.165, 1.54) is 0 Å². The quantitative estimate of drug-likeness (QED) is 0.875. The molecule has 6 nitrogen and oxygen atoms in total. The Bertz CT molecular complexity index is 505. The first kappa shape index (κ1) is 12.8. The zero-order valence-electron chi connectivity index (χ0n) is 11.4. The van der Waals surface area contributed by atoms with Crippen molar-refractivity contribution in [1.82, 2.24) is 30.1 Å². The number of nitrogens with zero attached hydrogens (tertiary/aromatic N) is 5. The lowest BCUT2D eigenvalue weighted by molar-refractivity contribution is 0.413. The van der Waals surface area contributed by atoms with Crippen LogP contribution in [-0.2, 0) is 20.1 Å². The first-order valence-electron chi connectivity index (χ1n) is 6.05. The van der Waals surface area contributed by atoms with Gasteiger partial charge in [-0.05, 0) is 26.8 Å². The van der Waals surface area contributed by atoms with Crippen LogP contribution in [0.2, 0.25) is 0 Å².